The summed E-state index contributed by atoms with van der Waals surface area (Å²) in [5.74, 6) is 0.764. The molecule has 0 radical (unpaired) electrons. The first-order chi connectivity index (χ1) is 13.5. The fraction of sp³-hybridized carbons (Fsp3) is 0.300. The summed E-state index contributed by atoms with van der Waals surface area (Å²) in [6, 6.07) is 12.1. The van der Waals surface area contributed by atoms with Crippen LogP contribution in [-0.2, 0) is 17.6 Å². The number of hydrogen-bond acceptors (Lipinski definition) is 4. The molecule has 6 nitrogen and oxygen atoms in total. The van der Waals surface area contributed by atoms with Crippen molar-refractivity contribution in [3.05, 3.63) is 59.4 Å². The standard InChI is InChI=1S/C20H24FN3O3S/c1-26-17-9-7-14(13-18(17)27-2)11-12-22-20(28)24-23-19(25)10-8-15-5-3-4-6-16(15)21/h3-7,9,13H,8,10-12H2,1-2H3,(H,23,25)(H2,22,24,28). The fourth-order valence-corrected chi connectivity index (χ4v) is 2.69. The molecule has 0 saturated carbocycles. The highest BCUT2D eigenvalue weighted by Crippen LogP contribution is 2.27. The molecule has 2 aromatic rings. The van der Waals surface area contributed by atoms with E-state index in [1.165, 1.54) is 6.07 Å². The first-order valence-electron chi connectivity index (χ1n) is 8.80. The van der Waals surface area contributed by atoms with Crippen LogP contribution in [0.2, 0.25) is 0 Å². The first-order valence-corrected chi connectivity index (χ1v) is 9.21. The molecule has 0 heterocycles. The average molecular weight is 405 g/mol. The van der Waals surface area contributed by atoms with Crippen molar-refractivity contribution in [2.45, 2.75) is 19.3 Å². The topological polar surface area (TPSA) is 71.6 Å². The van der Waals surface area contributed by atoms with Gasteiger partial charge in [-0.3, -0.25) is 15.6 Å². The third kappa shape index (κ3) is 6.70. The van der Waals surface area contributed by atoms with E-state index < -0.39 is 0 Å². The lowest BCUT2D eigenvalue weighted by atomic mass is 10.1. The molecular formula is C20H24FN3O3S. The van der Waals surface area contributed by atoms with Gasteiger partial charge >= 0.3 is 0 Å². The van der Waals surface area contributed by atoms with E-state index in [0.29, 0.717) is 41.6 Å². The Morgan fingerprint density at radius 3 is 2.50 bits per heavy atom. The zero-order valence-corrected chi connectivity index (χ0v) is 16.7. The van der Waals surface area contributed by atoms with Crippen LogP contribution in [0, 0.1) is 5.82 Å². The minimum Gasteiger partial charge on any atom is -0.493 e. The zero-order valence-electron chi connectivity index (χ0n) is 15.9. The highest BCUT2D eigenvalue weighted by atomic mass is 32.1. The molecule has 1 amide bonds. The molecule has 0 spiro atoms. The number of halogens is 1. The maximum Gasteiger partial charge on any atom is 0.238 e. The number of amides is 1. The van der Waals surface area contributed by atoms with Crippen molar-refractivity contribution in [1.29, 1.82) is 0 Å². The van der Waals surface area contributed by atoms with E-state index in [9.17, 15) is 9.18 Å². The van der Waals surface area contributed by atoms with Gasteiger partial charge in [0, 0.05) is 13.0 Å². The number of hydrogen-bond donors (Lipinski definition) is 3. The molecule has 0 aliphatic rings. The van der Waals surface area contributed by atoms with Gasteiger partial charge in [0.05, 0.1) is 14.2 Å². The maximum absolute atomic E-state index is 13.5. The number of carbonyl (C=O) groups excluding carboxylic acids is 1. The van der Waals surface area contributed by atoms with Gasteiger partial charge in [0.25, 0.3) is 0 Å². The molecule has 0 saturated heterocycles. The van der Waals surface area contributed by atoms with Gasteiger partial charge in [-0.2, -0.15) is 0 Å². The van der Waals surface area contributed by atoms with Gasteiger partial charge in [0.1, 0.15) is 5.82 Å². The second-order valence-electron chi connectivity index (χ2n) is 5.96. The molecule has 3 N–H and O–H groups in total. The number of methoxy groups -OCH3 is 2. The van der Waals surface area contributed by atoms with Gasteiger partial charge < -0.3 is 14.8 Å². The van der Waals surface area contributed by atoms with Gasteiger partial charge in [-0.1, -0.05) is 24.3 Å². The van der Waals surface area contributed by atoms with Crippen LogP contribution >= 0.6 is 12.2 Å². The van der Waals surface area contributed by atoms with Crippen molar-refractivity contribution < 1.29 is 18.7 Å². The summed E-state index contributed by atoms with van der Waals surface area (Å²) < 4.78 is 24.0. The molecule has 0 aromatic heterocycles. The molecular weight excluding hydrogens is 381 g/mol. The monoisotopic (exact) mass is 405 g/mol. The van der Waals surface area contributed by atoms with E-state index >= 15 is 0 Å². The molecule has 28 heavy (non-hydrogen) atoms. The van der Waals surface area contributed by atoms with Gasteiger partial charge in [0.2, 0.25) is 5.91 Å². The second-order valence-corrected chi connectivity index (χ2v) is 6.37. The van der Waals surface area contributed by atoms with Crippen molar-refractivity contribution in [2.75, 3.05) is 20.8 Å². The Morgan fingerprint density at radius 2 is 1.79 bits per heavy atom. The van der Waals surface area contributed by atoms with Crippen LogP contribution in [0.1, 0.15) is 17.5 Å². The number of aryl methyl sites for hydroxylation is 1. The maximum atomic E-state index is 13.5. The molecule has 0 aliphatic heterocycles. The lowest BCUT2D eigenvalue weighted by Crippen LogP contribution is -2.47. The van der Waals surface area contributed by atoms with Crippen molar-refractivity contribution in [2.24, 2.45) is 0 Å². The number of rotatable bonds is 8. The number of thiocarbonyl (C=S) groups is 1. The minimum atomic E-state index is -0.310. The molecule has 2 aromatic carbocycles. The Bertz CT molecular complexity index is 817. The van der Waals surface area contributed by atoms with E-state index in [4.69, 9.17) is 21.7 Å². The molecule has 150 valence electrons. The highest BCUT2D eigenvalue weighted by molar-refractivity contribution is 7.80. The summed E-state index contributed by atoms with van der Waals surface area (Å²) in [6.45, 7) is 0.576. The predicted octanol–water partition coefficient (Wildman–Crippen LogP) is 2.51. The third-order valence-electron chi connectivity index (χ3n) is 4.04. The highest BCUT2D eigenvalue weighted by Gasteiger charge is 2.07. The number of carbonyl (C=O) groups is 1. The van der Waals surface area contributed by atoms with E-state index in [-0.39, 0.29) is 18.1 Å². The van der Waals surface area contributed by atoms with Crippen LogP contribution in [0.15, 0.2) is 42.5 Å². The summed E-state index contributed by atoms with van der Waals surface area (Å²) in [5, 5.41) is 3.31. The van der Waals surface area contributed by atoms with Crippen LogP contribution in [0.5, 0.6) is 11.5 Å². The van der Waals surface area contributed by atoms with Gasteiger partial charge in [-0.25, -0.2) is 4.39 Å². The largest absolute Gasteiger partial charge is 0.493 e. The number of nitrogens with one attached hydrogen (secondary N) is 3. The van der Waals surface area contributed by atoms with Crippen LogP contribution in [0.25, 0.3) is 0 Å². The summed E-state index contributed by atoms with van der Waals surface area (Å²) in [7, 11) is 3.18. The molecule has 0 fully saturated rings. The quantitative estimate of drug-likeness (QED) is 0.463. The lowest BCUT2D eigenvalue weighted by molar-refractivity contribution is -0.121. The van der Waals surface area contributed by atoms with Crippen molar-refractivity contribution >= 4 is 23.2 Å². The van der Waals surface area contributed by atoms with Gasteiger partial charge in [-0.15, -0.1) is 0 Å². The summed E-state index contributed by atoms with van der Waals surface area (Å²) in [5.41, 5.74) is 6.71. The Hall–Kier alpha value is -2.87. The summed E-state index contributed by atoms with van der Waals surface area (Å²) >= 11 is 5.13. The summed E-state index contributed by atoms with van der Waals surface area (Å²) in [6.07, 6.45) is 1.19. The van der Waals surface area contributed by atoms with Crippen LogP contribution < -0.4 is 25.6 Å². The molecule has 0 bridgehead atoms. The van der Waals surface area contributed by atoms with Crippen molar-refractivity contribution in [1.82, 2.24) is 16.2 Å². The molecule has 0 unspecified atom stereocenters. The van der Waals surface area contributed by atoms with Gasteiger partial charge in [0.15, 0.2) is 16.6 Å². The molecule has 2 rings (SSSR count). The fourth-order valence-electron chi connectivity index (χ4n) is 2.54. The Morgan fingerprint density at radius 1 is 1.04 bits per heavy atom. The average Bonchev–Trinajstić information content (AvgIpc) is 2.71. The van der Waals surface area contributed by atoms with E-state index in [1.54, 1.807) is 32.4 Å². The summed E-state index contributed by atoms with van der Waals surface area (Å²) in [4.78, 5) is 11.8. The van der Waals surface area contributed by atoms with E-state index in [1.807, 2.05) is 18.2 Å². The first kappa shape index (κ1) is 21.4. The molecule has 8 heteroatoms. The molecule has 0 aliphatic carbocycles. The normalized spacial score (nSPS) is 10.1. The number of benzene rings is 2. The second kappa shape index (κ2) is 11.1. The Balaban J connectivity index is 1.67. The lowest BCUT2D eigenvalue weighted by Gasteiger charge is -2.13. The zero-order chi connectivity index (χ0) is 20.4. The number of hydrazine groups is 1. The van der Waals surface area contributed by atoms with Crippen LogP contribution in [0.3, 0.4) is 0 Å². The predicted molar refractivity (Wildman–Crippen MR) is 110 cm³/mol. The Kier molecular flexibility index (Phi) is 8.48. The Labute approximate surface area is 169 Å². The van der Waals surface area contributed by atoms with Crippen LogP contribution in [0.4, 0.5) is 4.39 Å². The smallest absolute Gasteiger partial charge is 0.238 e. The van der Waals surface area contributed by atoms with E-state index in [2.05, 4.69) is 16.2 Å². The van der Waals surface area contributed by atoms with Crippen molar-refractivity contribution in [3.8, 4) is 11.5 Å². The third-order valence-corrected chi connectivity index (χ3v) is 4.29. The van der Waals surface area contributed by atoms with E-state index in [0.717, 1.165) is 5.56 Å². The minimum absolute atomic E-state index is 0.155. The van der Waals surface area contributed by atoms with Gasteiger partial charge in [-0.05, 0) is 54.4 Å². The SMILES string of the molecule is COc1ccc(CCNC(=S)NNC(=O)CCc2ccccc2F)cc1OC. The van der Waals surface area contributed by atoms with Crippen molar-refractivity contribution in [3.63, 3.8) is 0 Å². The number of ether oxygens (including phenoxy) is 2. The molecule has 0 atom stereocenters. The van der Waals surface area contributed by atoms with Crippen LogP contribution in [-0.4, -0.2) is 31.8 Å².